The van der Waals surface area contributed by atoms with Crippen LogP contribution in [0.4, 0.5) is 14.5 Å². The molecule has 1 atom stereocenters. The number of benzene rings is 2. The monoisotopic (exact) mass is 426 g/mol. The number of carbonyl (C=O) groups is 2. The number of hydrogen-bond donors (Lipinski definition) is 1. The molecule has 0 fully saturated rings. The first-order valence-corrected chi connectivity index (χ1v) is 9.77. The number of amides is 2. The first-order chi connectivity index (χ1) is 14.8. The quantitative estimate of drug-likeness (QED) is 0.676. The Morgan fingerprint density at radius 1 is 1.23 bits per heavy atom. The third-order valence-corrected chi connectivity index (χ3v) is 5.08. The number of fused-ring (bicyclic) bond motifs is 1. The van der Waals surface area contributed by atoms with E-state index in [1.807, 2.05) is 0 Å². The van der Waals surface area contributed by atoms with Crippen molar-refractivity contribution in [2.75, 3.05) is 4.90 Å². The molecule has 2 aromatic carbocycles. The Kier molecular flexibility index (Phi) is 5.50. The van der Waals surface area contributed by atoms with Gasteiger partial charge in [0.2, 0.25) is 11.8 Å². The zero-order chi connectivity index (χ0) is 22.1. The Morgan fingerprint density at radius 3 is 2.65 bits per heavy atom. The van der Waals surface area contributed by atoms with E-state index in [0.717, 1.165) is 11.6 Å². The highest BCUT2D eigenvalue weighted by Crippen LogP contribution is 2.33. The van der Waals surface area contributed by atoms with Crippen molar-refractivity contribution in [2.24, 2.45) is 5.92 Å². The lowest BCUT2D eigenvalue weighted by molar-refractivity contribution is -0.122. The highest BCUT2D eigenvalue weighted by molar-refractivity contribution is 6.01. The average molecular weight is 426 g/mol. The Morgan fingerprint density at radius 2 is 1.97 bits per heavy atom. The molecule has 4 rings (SSSR count). The van der Waals surface area contributed by atoms with Crippen LogP contribution >= 0.6 is 0 Å². The molecule has 1 aliphatic heterocycles. The number of aryl methyl sites for hydroxylation is 1. The van der Waals surface area contributed by atoms with Gasteiger partial charge in [-0.2, -0.15) is 4.98 Å². The molecular formula is C22H20F2N4O3. The number of nitrogens with zero attached hydrogens (tertiary/aromatic N) is 3. The molecule has 31 heavy (non-hydrogen) atoms. The fourth-order valence-electron chi connectivity index (χ4n) is 3.65. The van der Waals surface area contributed by atoms with Crippen molar-refractivity contribution < 1.29 is 22.9 Å². The summed E-state index contributed by atoms with van der Waals surface area (Å²) in [5, 5.41) is 6.36. The number of carbonyl (C=O) groups excluding carboxylic acids is 2. The predicted molar refractivity (Wildman–Crippen MR) is 107 cm³/mol. The number of rotatable bonds is 5. The first kappa shape index (κ1) is 20.6. The number of nitrogens with one attached hydrogen (secondary N) is 1. The third kappa shape index (κ3) is 4.45. The predicted octanol–water partition coefficient (Wildman–Crippen LogP) is 3.31. The molecule has 7 nitrogen and oxygen atoms in total. The molecule has 0 aliphatic carbocycles. The summed E-state index contributed by atoms with van der Waals surface area (Å²) in [6.07, 6.45) is 0.519. The minimum Gasteiger partial charge on any atom is -0.343 e. The second-order valence-electron chi connectivity index (χ2n) is 7.57. The smallest absolute Gasteiger partial charge is 0.251 e. The summed E-state index contributed by atoms with van der Waals surface area (Å²) in [5.41, 5.74) is 2.10. The van der Waals surface area contributed by atoms with Gasteiger partial charge < -0.3 is 14.7 Å². The van der Waals surface area contributed by atoms with Crippen LogP contribution < -0.4 is 10.2 Å². The lowest BCUT2D eigenvalue weighted by Gasteiger charge is -2.33. The molecule has 9 heteroatoms. The Hall–Kier alpha value is -3.62. The first-order valence-electron chi connectivity index (χ1n) is 9.77. The Bertz CT molecular complexity index is 1140. The van der Waals surface area contributed by atoms with Crippen LogP contribution in [0.3, 0.4) is 0 Å². The summed E-state index contributed by atoms with van der Waals surface area (Å²) in [6, 6.07) is 8.25. The zero-order valence-corrected chi connectivity index (χ0v) is 17.0. The summed E-state index contributed by atoms with van der Waals surface area (Å²) in [7, 11) is 0. The van der Waals surface area contributed by atoms with Crippen molar-refractivity contribution in [2.45, 2.75) is 33.4 Å². The largest absolute Gasteiger partial charge is 0.343 e. The summed E-state index contributed by atoms with van der Waals surface area (Å²) in [6.45, 7) is 3.54. The molecule has 1 aliphatic rings. The minimum atomic E-state index is -0.711. The van der Waals surface area contributed by atoms with Gasteiger partial charge in [-0.25, -0.2) is 8.78 Å². The molecule has 2 amide bonds. The molecule has 1 N–H and O–H groups in total. The average Bonchev–Trinajstić information content (AvgIpc) is 3.14. The van der Waals surface area contributed by atoms with Gasteiger partial charge in [0.1, 0.15) is 11.6 Å². The van der Waals surface area contributed by atoms with Crippen LogP contribution in [0.15, 0.2) is 40.9 Å². The van der Waals surface area contributed by atoms with E-state index in [9.17, 15) is 18.4 Å². The molecule has 160 valence electrons. The standard InChI is InChI=1S/C22H20F2N4O3/c1-12-5-15-3-4-16(21(29)25-10-20-26-13(2)27-31-20)8-19(15)28(22(12)30)11-14-6-17(23)9-18(24)7-14/h3-4,6-9,12H,5,10-11H2,1-2H3,(H,25,29). The van der Waals surface area contributed by atoms with E-state index in [-0.39, 0.29) is 36.7 Å². The van der Waals surface area contributed by atoms with Crippen molar-refractivity contribution in [1.82, 2.24) is 15.5 Å². The molecule has 0 saturated heterocycles. The maximum atomic E-state index is 13.6. The van der Waals surface area contributed by atoms with Gasteiger partial charge in [0.05, 0.1) is 13.1 Å². The van der Waals surface area contributed by atoms with Gasteiger partial charge in [0.25, 0.3) is 5.91 Å². The molecule has 2 heterocycles. The molecule has 0 saturated carbocycles. The fraction of sp³-hybridized carbons (Fsp3) is 0.273. The minimum absolute atomic E-state index is 0.00279. The maximum Gasteiger partial charge on any atom is 0.251 e. The lowest BCUT2D eigenvalue weighted by Crippen LogP contribution is -2.40. The molecule has 3 aromatic rings. The van der Waals surface area contributed by atoms with Crippen LogP contribution in [0.5, 0.6) is 0 Å². The molecule has 0 spiro atoms. The molecule has 0 bridgehead atoms. The zero-order valence-electron chi connectivity index (χ0n) is 17.0. The Balaban J connectivity index is 1.60. The fourth-order valence-corrected chi connectivity index (χ4v) is 3.65. The van der Waals surface area contributed by atoms with Gasteiger partial charge in [-0.1, -0.05) is 18.1 Å². The number of anilines is 1. The van der Waals surface area contributed by atoms with Crippen molar-refractivity contribution in [3.05, 3.63) is 76.4 Å². The van der Waals surface area contributed by atoms with Gasteiger partial charge >= 0.3 is 0 Å². The SMILES string of the molecule is Cc1noc(CNC(=O)c2ccc3c(c2)N(Cc2cc(F)cc(F)c2)C(=O)C(C)C3)n1. The van der Waals surface area contributed by atoms with Crippen molar-refractivity contribution in [3.8, 4) is 0 Å². The van der Waals surface area contributed by atoms with Crippen LogP contribution in [0.2, 0.25) is 0 Å². The van der Waals surface area contributed by atoms with E-state index in [2.05, 4.69) is 15.5 Å². The molecule has 0 radical (unpaired) electrons. The highest BCUT2D eigenvalue weighted by Gasteiger charge is 2.31. The Labute approximate surface area is 177 Å². The maximum absolute atomic E-state index is 13.6. The summed E-state index contributed by atoms with van der Waals surface area (Å²) < 4.78 is 32.2. The van der Waals surface area contributed by atoms with Gasteiger partial charge in [0.15, 0.2) is 5.82 Å². The van der Waals surface area contributed by atoms with Crippen LogP contribution in [0, 0.1) is 24.5 Å². The number of hydrogen-bond acceptors (Lipinski definition) is 5. The summed E-state index contributed by atoms with van der Waals surface area (Å²) >= 11 is 0. The van der Waals surface area contributed by atoms with E-state index in [0.29, 0.717) is 29.1 Å². The van der Waals surface area contributed by atoms with Gasteiger partial charge in [-0.05, 0) is 48.7 Å². The van der Waals surface area contributed by atoms with Crippen molar-refractivity contribution in [1.29, 1.82) is 0 Å². The normalized spacial score (nSPS) is 15.7. The molecule has 1 aromatic heterocycles. The van der Waals surface area contributed by atoms with Crippen molar-refractivity contribution in [3.63, 3.8) is 0 Å². The second-order valence-corrected chi connectivity index (χ2v) is 7.57. The third-order valence-electron chi connectivity index (χ3n) is 5.08. The van der Waals surface area contributed by atoms with E-state index in [1.54, 1.807) is 32.0 Å². The number of halogens is 2. The van der Waals surface area contributed by atoms with E-state index < -0.39 is 11.6 Å². The van der Waals surface area contributed by atoms with E-state index in [4.69, 9.17) is 4.52 Å². The topological polar surface area (TPSA) is 88.3 Å². The highest BCUT2D eigenvalue weighted by atomic mass is 19.1. The van der Waals surface area contributed by atoms with Gasteiger partial charge in [-0.15, -0.1) is 0 Å². The lowest BCUT2D eigenvalue weighted by atomic mass is 9.91. The van der Waals surface area contributed by atoms with E-state index in [1.165, 1.54) is 17.0 Å². The number of aromatic nitrogens is 2. The van der Waals surface area contributed by atoms with Crippen molar-refractivity contribution >= 4 is 17.5 Å². The molecular weight excluding hydrogens is 406 g/mol. The van der Waals surface area contributed by atoms with E-state index >= 15 is 0 Å². The molecule has 1 unspecified atom stereocenters. The van der Waals surface area contributed by atoms with Crippen LogP contribution in [0.25, 0.3) is 0 Å². The van der Waals surface area contributed by atoms with Gasteiger partial charge in [-0.3, -0.25) is 9.59 Å². The van der Waals surface area contributed by atoms with Crippen LogP contribution in [-0.2, 0) is 24.3 Å². The van der Waals surface area contributed by atoms with Gasteiger partial charge in [0, 0.05) is 23.2 Å². The van der Waals surface area contributed by atoms with Crippen LogP contribution in [0.1, 0.15) is 40.1 Å². The second kappa shape index (κ2) is 8.25. The summed E-state index contributed by atoms with van der Waals surface area (Å²) in [5.74, 6) is -1.50. The summed E-state index contributed by atoms with van der Waals surface area (Å²) in [4.78, 5) is 31.0. The van der Waals surface area contributed by atoms with Crippen LogP contribution in [-0.4, -0.2) is 22.0 Å².